The highest BCUT2D eigenvalue weighted by molar-refractivity contribution is 14.0. The van der Waals surface area contributed by atoms with Crippen molar-refractivity contribution in [1.29, 1.82) is 0 Å². The van der Waals surface area contributed by atoms with Crippen molar-refractivity contribution in [2.75, 3.05) is 20.8 Å². The summed E-state index contributed by atoms with van der Waals surface area (Å²) in [4.78, 5) is 4.21. The minimum atomic E-state index is 0. The molecule has 0 aliphatic heterocycles. The van der Waals surface area contributed by atoms with Gasteiger partial charge in [-0.1, -0.05) is 0 Å². The summed E-state index contributed by atoms with van der Waals surface area (Å²) in [5.74, 6) is 1.94. The zero-order valence-corrected chi connectivity index (χ0v) is 13.2. The Balaban J connectivity index is 0.00000289. The minimum absolute atomic E-state index is 0. The van der Waals surface area contributed by atoms with Crippen molar-refractivity contribution in [3.05, 3.63) is 23.8 Å². The molecule has 0 saturated heterocycles. The molecule has 0 atom stereocenters. The topological polar surface area (TPSA) is 68.9 Å². The van der Waals surface area contributed by atoms with Crippen molar-refractivity contribution >= 4 is 29.9 Å². The number of hydrogen-bond acceptors (Lipinski definition) is 3. The van der Waals surface area contributed by atoms with Crippen LogP contribution in [-0.2, 0) is 6.54 Å². The van der Waals surface area contributed by atoms with E-state index in [0.29, 0.717) is 12.5 Å². The summed E-state index contributed by atoms with van der Waals surface area (Å²) in [6, 6.07) is 5.62. The lowest BCUT2D eigenvalue weighted by Crippen LogP contribution is -2.31. The van der Waals surface area contributed by atoms with Crippen LogP contribution in [0.2, 0.25) is 0 Å². The number of rotatable bonds is 5. The van der Waals surface area contributed by atoms with E-state index >= 15 is 0 Å². The third kappa shape index (κ3) is 4.99. The van der Waals surface area contributed by atoms with Crippen LogP contribution in [0.25, 0.3) is 0 Å². The van der Waals surface area contributed by atoms with Gasteiger partial charge in [0.1, 0.15) is 11.5 Å². The Labute approximate surface area is 125 Å². The molecule has 1 rings (SSSR count). The number of hydrogen-bond donors (Lipinski definition) is 2. The predicted octanol–water partition coefficient (Wildman–Crippen LogP) is 1.75. The van der Waals surface area contributed by atoms with E-state index in [4.69, 9.17) is 15.2 Å². The van der Waals surface area contributed by atoms with Crippen LogP contribution in [-0.4, -0.2) is 26.7 Å². The Kier molecular flexibility index (Phi) is 8.27. The number of halogens is 1. The van der Waals surface area contributed by atoms with Crippen LogP contribution in [0.5, 0.6) is 11.5 Å². The van der Waals surface area contributed by atoms with E-state index in [-0.39, 0.29) is 24.0 Å². The molecule has 0 heterocycles. The van der Waals surface area contributed by atoms with Crippen molar-refractivity contribution in [1.82, 2.24) is 5.32 Å². The normalized spacial score (nSPS) is 10.5. The maximum atomic E-state index is 5.65. The fourth-order valence-corrected chi connectivity index (χ4v) is 1.39. The number of guanidine groups is 1. The first kappa shape index (κ1) is 16.8. The molecule has 1 aromatic rings. The van der Waals surface area contributed by atoms with Crippen LogP contribution in [0.1, 0.15) is 12.5 Å². The fourth-order valence-electron chi connectivity index (χ4n) is 1.39. The molecule has 6 heteroatoms. The molecular formula is C12H20IN3O2. The minimum Gasteiger partial charge on any atom is -0.497 e. The summed E-state index contributed by atoms with van der Waals surface area (Å²) in [7, 11) is 3.24. The van der Waals surface area contributed by atoms with Crippen LogP contribution in [0, 0.1) is 0 Å². The van der Waals surface area contributed by atoms with Gasteiger partial charge in [0.2, 0.25) is 0 Å². The van der Waals surface area contributed by atoms with Crippen LogP contribution in [0.3, 0.4) is 0 Å². The van der Waals surface area contributed by atoms with Crippen molar-refractivity contribution in [2.45, 2.75) is 13.5 Å². The second kappa shape index (κ2) is 8.84. The van der Waals surface area contributed by atoms with Crippen molar-refractivity contribution in [2.24, 2.45) is 10.7 Å². The van der Waals surface area contributed by atoms with E-state index in [0.717, 1.165) is 23.6 Å². The summed E-state index contributed by atoms with van der Waals surface area (Å²) in [5, 5.41) is 2.94. The quantitative estimate of drug-likeness (QED) is 0.474. The summed E-state index contributed by atoms with van der Waals surface area (Å²) >= 11 is 0. The number of nitrogens with two attached hydrogens (primary N) is 1. The molecule has 3 N–H and O–H groups in total. The monoisotopic (exact) mass is 365 g/mol. The summed E-state index contributed by atoms with van der Waals surface area (Å²) in [6.45, 7) is 3.21. The molecule has 0 spiro atoms. The molecule has 102 valence electrons. The smallest absolute Gasteiger partial charge is 0.188 e. The van der Waals surface area contributed by atoms with Crippen molar-refractivity contribution in [3.8, 4) is 11.5 Å². The van der Waals surface area contributed by atoms with Gasteiger partial charge in [-0.15, -0.1) is 24.0 Å². The van der Waals surface area contributed by atoms with Gasteiger partial charge >= 0.3 is 0 Å². The number of nitrogens with zero attached hydrogens (tertiary/aromatic N) is 1. The Bertz CT molecular complexity index is 397. The average molecular weight is 365 g/mol. The second-order valence-electron chi connectivity index (χ2n) is 3.41. The number of aliphatic imine (C=N–C) groups is 1. The Morgan fingerprint density at radius 3 is 2.61 bits per heavy atom. The molecule has 0 fully saturated rings. The van der Waals surface area contributed by atoms with Gasteiger partial charge in [-0.2, -0.15) is 0 Å². The first-order valence-corrected chi connectivity index (χ1v) is 5.46. The van der Waals surface area contributed by atoms with E-state index in [1.165, 1.54) is 0 Å². The molecule has 0 bridgehead atoms. The van der Waals surface area contributed by atoms with Crippen molar-refractivity contribution < 1.29 is 9.47 Å². The zero-order valence-electron chi connectivity index (χ0n) is 10.9. The van der Waals surface area contributed by atoms with Gasteiger partial charge in [-0.25, -0.2) is 4.99 Å². The van der Waals surface area contributed by atoms with E-state index < -0.39 is 0 Å². The molecule has 0 amide bonds. The Morgan fingerprint density at radius 2 is 2.06 bits per heavy atom. The van der Waals surface area contributed by atoms with Gasteiger partial charge in [0.05, 0.1) is 20.8 Å². The van der Waals surface area contributed by atoms with Crippen LogP contribution in [0.4, 0.5) is 0 Å². The fraction of sp³-hybridized carbons (Fsp3) is 0.417. The zero-order chi connectivity index (χ0) is 12.7. The SMILES string of the molecule is CCNC(N)=NCc1ccc(OC)cc1OC.I. The largest absolute Gasteiger partial charge is 0.497 e. The lowest BCUT2D eigenvalue weighted by atomic mass is 10.2. The van der Waals surface area contributed by atoms with Crippen LogP contribution >= 0.6 is 24.0 Å². The maximum Gasteiger partial charge on any atom is 0.188 e. The predicted molar refractivity (Wildman–Crippen MR) is 84.0 cm³/mol. The lowest BCUT2D eigenvalue weighted by molar-refractivity contribution is 0.391. The van der Waals surface area contributed by atoms with Crippen LogP contribution < -0.4 is 20.5 Å². The van der Waals surface area contributed by atoms with Gasteiger partial charge in [0.25, 0.3) is 0 Å². The average Bonchev–Trinajstić information content (AvgIpc) is 2.36. The molecule has 0 saturated carbocycles. The van der Waals surface area contributed by atoms with Gasteiger partial charge < -0.3 is 20.5 Å². The number of methoxy groups -OCH3 is 2. The highest BCUT2D eigenvalue weighted by Crippen LogP contribution is 2.24. The highest BCUT2D eigenvalue weighted by atomic mass is 127. The van der Waals surface area contributed by atoms with Crippen LogP contribution in [0.15, 0.2) is 23.2 Å². The summed E-state index contributed by atoms with van der Waals surface area (Å²) in [5.41, 5.74) is 6.62. The molecular weight excluding hydrogens is 345 g/mol. The highest BCUT2D eigenvalue weighted by Gasteiger charge is 2.04. The first-order valence-electron chi connectivity index (χ1n) is 5.46. The second-order valence-corrected chi connectivity index (χ2v) is 3.41. The molecule has 0 aromatic heterocycles. The van der Waals surface area contributed by atoms with E-state index in [9.17, 15) is 0 Å². The lowest BCUT2D eigenvalue weighted by Gasteiger charge is -2.09. The summed E-state index contributed by atoms with van der Waals surface area (Å²) in [6.07, 6.45) is 0. The Hall–Kier alpha value is -1.18. The molecule has 0 radical (unpaired) electrons. The van der Waals surface area contributed by atoms with Gasteiger partial charge in [0.15, 0.2) is 5.96 Å². The van der Waals surface area contributed by atoms with E-state index in [2.05, 4.69) is 10.3 Å². The van der Waals surface area contributed by atoms with Crippen molar-refractivity contribution in [3.63, 3.8) is 0 Å². The molecule has 18 heavy (non-hydrogen) atoms. The van der Waals surface area contributed by atoms with Gasteiger partial charge in [-0.05, 0) is 19.1 Å². The maximum absolute atomic E-state index is 5.65. The molecule has 0 aliphatic rings. The molecule has 0 aliphatic carbocycles. The van der Waals surface area contributed by atoms with Gasteiger partial charge in [-0.3, -0.25) is 0 Å². The summed E-state index contributed by atoms with van der Waals surface area (Å²) < 4.78 is 10.4. The van der Waals surface area contributed by atoms with E-state index in [1.54, 1.807) is 14.2 Å². The number of nitrogens with one attached hydrogen (secondary N) is 1. The van der Waals surface area contributed by atoms with Gasteiger partial charge in [0, 0.05) is 18.2 Å². The number of benzene rings is 1. The Morgan fingerprint density at radius 1 is 1.33 bits per heavy atom. The molecule has 5 nitrogen and oxygen atoms in total. The third-order valence-corrected chi connectivity index (χ3v) is 2.27. The standard InChI is InChI=1S/C12H19N3O2.HI/c1-4-14-12(13)15-8-9-5-6-10(16-2)7-11(9)17-3;/h5-7H,4,8H2,1-3H3,(H3,13,14,15);1H. The molecule has 0 unspecified atom stereocenters. The first-order chi connectivity index (χ1) is 8.21. The van der Waals surface area contributed by atoms with E-state index in [1.807, 2.05) is 25.1 Å². The molecule has 1 aromatic carbocycles. The number of ether oxygens (including phenoxy) is 2. The third-order valence-electron chi connectivity index (χ3n) is 2.27.